The van der Waals surface area contributed by atoms with E-state index in [4.69, 9.17) is 9.47 Å². The van der Waals surface area contributed by atoms with Crippen LogP contribution in [0.5, 0.6) is 11.5 Å². The quantitative estimate of drug-likeness (QED) is 0.624. The third-order valence-electron chi connectivity index (χ3n) is 4.62. The van der Waals surface area contributed by atoms with Crippen LogP contribution < -0.4 is 19.7 Å². The fraction of sp³-hybridized carbons (Fsp3) is 0.227. The molecule has 30 heavy (non-hydrogen) atoms. The van der Waals surface area contributed by atoms with E-state index in [1.807, 2.05) is 41.8 Å². The molecule has 0 fully saturated rings. The number of ether oxygens (including phenoxy) is 2. The minimum atomic E-state index is -0.241. The number of carbonyl (C=O) groups excluding carboxylic acids is 2. The molecule has 1 N–H and O–H groups in total. The molecule has 4 rings (SSSR count). The molecule has 0 aliphatic carbocycles. The highest BCUT2D eigenvalue weighted by molar-refractivity contribution is 7.07. The molecule has 0 spiro atoms. The Kier molecular flexibility index (Phi) is 6.24. The van der Waals surface area contributed by atoms with Crippen molar-refractivity contribution in [3.8, 4) is 11.5 Å². The molecule has 2 aromatic carbocycles. The Hall–Kier alpha value is -3.39. The van der Waals surface area contributed by atoms with Crippen LogP contribution in [0.4, 0.5) is 11.4 Å². The van der Waals surface area contributed by atoms with E-state index in [1.54, 1.807) is 22.5 Å². The average molecular weight is 423 g/mol. The van der Waals surface area contributed by atoms with Gasteiger partial charge in [0.15, 0.2) is 0 Å². The third kappa shape index (κ3) is 4.77. The van der Waals surface area contributed by atoms with E-state index < -0.39 is 0 Å². The fourth-order valence-corrected chi connectivity index (χ4v) is 3.70. The molecule has 1 aliphatic heterocycles. The monoisotopic (exact) mass is 423 g/mol. The number of hydrogen-bond donors (Lipinski definition) is 1. The number of thiazole rings is 1. The summed E-state index contributed by atoms with van der Waals surface area (Å²) in [5.41, 5.74) is 3.89. The molecule has 0 bridgehead atoms. The smallest absolute Gasteiger partial charge is 0.227 e. The van der Waals surface area contributed by atoms with Crippen molar-refractivity contribution >= 4 is 34.5 Å². The highest BCUT2D eigenvalue weighted by atomic mass is 32.1. The highest BCUT2D eigenvalue weighted by Crippen LogP contribution is 2.31. The first-order valence-electron chi connectivity index (χ1n) is 9.61. The van der Waals surface area contributed by atoms with E-state index in [0.717, 1.165) is 11.4 Å². The van der Waals surface area contributed by atoms with Crippen molar-refractivity contribution in [1.29, 1.82) is 0 Å². The molecule has 0 atom stereocenters. The zero-order valence-corrected chi connectivity index (χ0v) is 17.1. The molecule has 0 saturated carbocycles. The number of nitrogens with zero attached hydrogens (tertiary/aromatic N) is 2. The molecule has 154 valence electrons. The predicted octanol–water partition coefficient (Wildman–Crippen LogP) is 3.87. The number of anilines is 2. The lowest BCUT2D eigenvalue weighted by atomic mass is 10.2. The Bertz CT molecular complexity index is 1020. The normalized spacial score (nSPS) is 12.6. The van der Waals surface area contributed by atoms with Gasteiger partial charge >= 0.3 is 0 Å². The summed E-state index contributed by atoms with van der Waals surface area (Å²) in [7, 11) is 0. The largest absolute Gasteiger partial charge is 0.490 e. The van der Waals surface area contributed by atoms with Crippen molar-refractivity contribution in [2.24, 2.45) is 0 Å². The van der Waals surface area contributed by atoms with Gasteiger partial charge in [-0.05, 0) is 24.3 Å². The lowest BCUT2D eigenvalue weighted by Gasteiger charge is -2.29. The van der Waals surface area contributed by atoms with Crippen molar-refractivity contribution in [3.63, 3.8) is 0 Å². The molecule has 2 amide bonds. The second-order valence-electron chi connectivity index (χ2n) is 6.67. The number of aromatic nitrogens is 1. The van der Waals surface area contributed by atoms with Gasteiger partial charge in [-0.1, -0.05) is 24.3 Å². The maximum atomic E-state index is 12.7. The molecule has 2 heterocycles. The zero-order chi connectivity index (χ0) is 20.8. The van der Waals surface area contributed by atoms with Gasteiger partial charge < -0.3 is 19.7 Å². The maximum Gasteiger partial charge on any atom is 0.227 e. The van der Waals surface area contributed by atoms with Crippen molar-refractivity contribution in [1.82, 2.24) is 4.98 Å². The minimum Gasteiger partial charge on any atom is -0.490 e. The van der Waals surface area contributed by atoms with Crippen molar-refractivity contribution < 1.29 is 19.1 Å². The van der Waals surface area contributed by atoms with Gasteiger partial charge in [0.1, 0.15) is 24.7 Å². The van der Waals surface area contributed by atoms with Gasteiger partial charge in [0, 0.05) is 18.2 Å². The molecule has 7 nitrogen and oxygen atoms in total. The zero-order valence-electron chi connectivity index (χ0n) is 16.2. The molecule has 0 radical (unpaired) electrons. The first-order valence-corrected chi connectivity index (χ1v) is 10.6. The molecule has 0 saturated heterocycles. The van der Waals surface area contributed by atoms with Crippen LogP contribution >= 0.6 is 11.3 Å². The van der Waals surface area contributed by atoms with Gasteiger partial charge in [-0.3, -0.25) is 9.59 Å². The number of fused-ring (bicyclic) bond motifs is 1. The average Bonchev–Trinajstić information content (AvgIpc) is 3.30. The van der Waals surface area contributed by atoms with Gasteiger partial charge in [0.25, 0.3) is 0 Å². The van der Waals surface area contributed by atoms with Gasteiger partial charge in [-0.2, -0.15) is 0 Å². The number of carbonyl (C=O) groups is 2. The summed E-state index contributed by atoms with van der Waals surface area (Å²) >= 11 is 1.50. The first-order chi connectivity index (χ1) is 14.7. The maximum absolute atomic E-state index is 12.7. The van der Waals surface area contributed by atoms with Crippen molar-refractivity contribution in [2.45, 2.75) is 19.4 Å². The van der Waals surface area contributed by atoms with Crippen LogP contribution in [-0.4, -0.2) is 29.9 Å². The number of benzene rings is 2. The summed E-state index contributed by atoms with van der Waals surface area (Å²) in [6.45, 7) is 1.24. The van der Waals surface area contributed by atoms with Crippen LogP contribution in [0.2, 0.25) is 0 Å². The number of para-hydroxylation sites is 4. The van der Waals surface area contributed by atoms with E-state index in [1.165, 1.54) is 11.3 Å². The number of nitrogens with one attached hydrogen (secondary N) is 1. The molecule has 1 aromatic heterocycles. The van der Waals surface area contributed by atoms with Gasteiger partial charge in [0.2, 0.25) is 11.8 Å². The fourth-order valence-electron chi connectivity index (χ4n) is 3.15. The summed E-state index contributed by atoms with van der Waals surface area (Å²) in [6, 6.07) is 14.6. The SMILES string of the molecule is O=C(CCC(=O)N1CCOc2ccccc21)Nc1ccccc1OCc1cscn1. The van der Waals surface area contributed by atoms with Crippen molar-refractivity contribution in [2.75, 3.05) is 23.4 Å². The third-order valence-corrected chi connectivity index (χ3v) is 5.25. The second kappa shape index (κ2) is 9.41. The lowest BCUT2D eigenvalue weighted by molar-refractivity contribution is -0.122. The molecule has 3 aromatic rings. The molecule has 0 unspecified atom stereocenters. The van der Waals surface area contributed by atoms with E-state index in [9.17, 15) is 9.59 Å². The molecular formula is C22H21N3O4S. The Balaban J connectivity index is 1.33. The van der Waals surface area contributed by atoms with Gasteiger partial charge in [-0.25, -0.2) is 4.98 Å². The summed E-state index contributed by atoms with van der Waals surface area (Å²) in [4.78, 5) is 31.0. The Labute approximate surface area is 178 Å². The summed E-state index contributed by atoms with van der Waals surface area (Å²) in [5, 5.41) is 4.75. The highest BCUT2D eigenvalue weighted by Gasteiger charge is 2.23. The van der Waals surface area contributed by atoms with E-state index >= 15 is 0 Å². The number of amides is 2. The predicted molar refractivity (Wildman–Crippen MR) is 115 cm³/mol. The number of hydrogen-bond acceptors (Lipinski definition) is 6. The standard InChI is InChI=1S/C22H21N3O4S/c26-21(9-10-22(27)25-11-12-28-20-8-4-2-6-18(20)25)24-17-5-1-3-7-19(17)29-13-16-14-30-15-23-16/h1-8,14-15H,9-13H2,(H,24,26). The Morgan fingerprint density at radius 1 is 1.13 bits per heavy atom. The topological polar surface area (TPSA) is 80.8 Å². The van der Waals surface area contributed by atoms with Crippen molar-refractivity contribution in [3.05, 3.63) is 65.1 Å². The van der Waals surface area contributed by atoms with Gasteiger partial charge in [0.05, 0.1) is 29.1 Å². The summed E-state index contributed by atoms with van der Waals surface area (Å²) in [5.74, 6) is 0.906. The van der Waals surface area contributed by atoms with Crippen LogP contribution in [0.25, 0.3) is 0 Å². The lowest BCUT2D eigenvalue weighted by Crippen LogP contribution is -2.38. The van der Waals surface area contributed by atoms with Crippen LogP contribution in [0.15, 0.2) is 59.4 Å². The Morgan fingerprint density at radius 2 is 1.97 bits per heavy atom. The second-order valence-corrected chi connectivity index (χ2v) is 7.39. The Morgan fingerprint density at radius 3 is 2.83 bits per heavy atom. The van der Waals surface area contributed by atoms with Crippen LogP contribution in [0.1, 0.15) is 18.5 Å². The molecule has 1 aliphatic rings. The molecule has 8 heteroatoms. The van der Waals surface area contributed by atoms with Crippen LogP contribution in [0.3, 0.4) is 0 Å². The van der Waals surface area contributed by atoms with Gasteiger partial charge in [-0.15, -0.1) is 11.3 Å². The van der Waals surface area contributed by atoms with Crippen LogP contribution in [0, 0.1) is 0 Å². The van der Waals surface area contributed by atoms with E-state index in [-0.39, 0.29) is 24.7 Å². The number of rotatable bonds is 7. The van der Waals surface area contributed by atoms with E-state index in [0.29, 0.717) is 36.9 Å². The molecular weight excluding hydrogens is 402 g/mol. The minimum absolute atomic E-state index is 0.0821. The summed E-state index contributed by atoms with van der Waals surface area (Å²) in [6.07, 6.45) is 0.195. The van der Waals surface area contributed by atoms with Crippen LogP contribution in [-0.2, 0) is 16.2 Å². The first kappa shape index (κ1) is 19.9. The van der Waals surface area contributed by atoms with E-state index in [2.05, 4.69) is 10.3 Å². The summed E-state index contributed by atoms with van der Waals surface area (Å²) < 4.78 is 11.4.